The highest BCUT2D eigenvalue weighted by molar-refractivity contribution is 7.89. The molecule has 0 amide bonds. The van der Waals surface area contributed by atoms with Crippen LogP contribution in [0.15, 0.2) is 11.2 Å². The number of imidazole rings is 1. The van der Waals surface area contributed by atoms with Gasteiger partial charge in [-0.25, -0.2) is 13.4 Å². The molecule has 1 unspecified atom stereocenters. The maximum atomic E-state index is 12.2. The average Bonchev–Trinajstić information content (AvgIpc) is 2.70. The van der Waals surface area contributed by atoms with Crippen LogP contribution in [0, 0.1) is 18.3 Å². The van der Waals surface area contributed by atoms with Gasteiger partial charge in [-0.2, -0.15) is 9.57 Å². The lowest BCUT2D eigenvalue weighted by Gasteiger charge is -2.17. The summed E-state index contributed by atoms with van der Waals surface area (Å²) in [4.78, 5) is 4.06. The van der Waals surface area contributed by atoms with Gasteiger partial charge in [0.05, 0.1) is 6.07 Å². The van der Waals surface area contributed by atoms with Crippen LogP contribution in [0.2, 0.25) is 0 Å². The molecule has 0 aliphatic carbocycles. The van der Waals surface area contributed by atoms with E-state index in [1.54, 1.807) is 11.5 Å². The summed E-state index contributed by atoms with van der Waals surface area (Å²) >= 11 is 0. The van der Waals surface area contributed by atoms with Crippen molar-refractivity contribution in [1.29, 1.82) is 5.26 Å². The van der Waals surface area contributed by atoms with Gasteiger partial charge in [0.15, 0.2) is 5.03 Å². The standard InChI is InChI=1S/C11H18N4O2S/c1-5-6-15-8-11(13-10(15)3)18(16,17)14(4)9(2)7-12/h8-9H,5-6H2,1-4H3. The summed E-state index contributed by atoms with van der Waals surface area (Å²) < 4.78 is 27.2. The molecule has 1 aromatic heterocycles. The van der Waals surface area contributed by atoms with Crippen molar-refractivity contribution in [2.75, 3.05) is 7.05 Å². The molecular weight excluding hydrogens is 252 g/mol. The van der Waals surface area contributed by atoms with Gasteiger partial charge in [-0.05, 0) is 20.3 Å². The molecule has 18 heavy (non-hydrogen) atoms. The molecule has 0 spiro atoms. The summed E-state index contributed by atoms with van der Waals surface area (Å²) in [5.41, 5.74) is 0. The van der Waals surface area contributed by atoms with Crippen molar-refractivity contribution < 1.29 is 8.42 Å². The van der Waals surface area contributed by atoms with E-state index in [4.69, 9.17) is 5.26 Å². The summed E-state index contributed by atoms with van der Waals surface area (Å²) in [6.45, 7) is 6.04. The van der Waals surface area contributed by atoms with Crippen molar-refractivity contribution in [1.82, 2.24) is 13.9 Å². The molecule has 100 valence electrons. The molecule has 1 heterocycles. The molecule has 0 saturated carbocycles. The maximum absolute atomic E-state index is 12.2. The summed E-state index contributed by atoms with van der Waals surface area (Å²) in [6.07, 6.45) is 2.43. The lowest BCUT2D eigenvalue weighted by molar-refractivity contribution is 0.439. The first-order chi connectivity index (χ1) is 8.34. The van der Waals surface area contributed by atoms with Crippen LogP contribution in [-0.2, 0) is 16.6 Å². The van der Waals surface area contributed by atoms with Crippen LogP contribution in [-0.4, -0.2) is 35.4 Å². The van der Waals surface area contributed by atoms with E-state index in [1.165, 1.54) is 20.2 Å². The van der Waals surface area contributed by atoms with Crippen molar-refractivity contribution in [3.8, 4) is 6.07 Å². The maximum Gasteiger partial charge on any atom is 0.263 e. The molecule has 0 aliphatic heterocycles. The first kappa shape index (κ1) is 14.7. The van der Waals surface area contributed by atoms with Crippen LogP contribution < -0.4 is 0 Å². The first-order valence-corrected chi connectivity index (χ1v) is 7.20. The molecule has 0 aromatic carbocycles. The summed E-state index contributed by atoms with van der Waals surface area (Å²) in [6, 6.07) is 1.18. The number of aryl methyl sites for hydroxylation is 2. The molecule has 0 fully saturated rings. The summed E-state index contributed by atoms with van der Waals surface area (Å²) in [5, 5.41) is 8.78. The zero-order chi connectivity index (χ0) is 13.9. The number of sulfonamides is 1. The van der Waals surface area contributed by atoms with Crippen molar-refractivity contribution in [2.24, 2.45) is 0 Å². The molecule has 1 aromatic rings. The first-order valence-electron chi connectivity index (χ1n) is 5.76. The molecule has 0 radical (unpaired) electrons. The van der Waals surface area contributed by atoms with E-state index in [9.17, 15) is 8.42 Å². The van der Waals surface area contributed by atoms with Gasteiger partial charge < -0.3 is 4.57 Å². The van der Waals surface area contributed by atoms with E-state index < -0.39 is 16.1 Å². The molecule has 0 N–H and O–H groups in total. The average molecular weight is 270 g/mol. The van der Waals surface area contributed by atoms with Crippen LogP contribution in [0.4, 0.5) is 0 Å². The Labute approximate surface area is 108 Å². The molecule has 7 heteroatoms. The van der Waals surface area contributed by atoms with E-state index in [-0.39, 0.29) is 5.03 Å². The zero-order valence-electron chi connectivity index (χ0n) is 11.1. The number of hydrogen-bond donors (Lipinski definition) is 0. The second kappa shape index (κ2) is 5.50. The minimum absolute atomic E-state index is 0.00181. The van der Waals surface area contributed by atoms with E-state index in [0.29, 0.717) is 5.82 Å². The SMILES string of the molecule is CCCn1cc(S(=O)(=O)N(C)C(C)C#N)nc1C. The number of hydrogen-bond acceptors (Lipinski definition) is 4. The fraction of sp³-hybridized carbons (Fsp3) is 0.636. The Morgan fingerprint density at radius 2 is 2.22 bits per heavy atom. The van der Waals surface area contributed by atoms with E-state index in [2.05, 4.69) is 4.98 Å². The Morgan fingerprint density at radius 3 is 2.72 bits per heavy atom. The van der Waals surface area contributed by atoms with Gasteiger partial charge in [-0.1, -0.05) is 6.92 Å². The van der Waals surface area contributed by atoms with Gasteiger partial charge in [0, 0.05) is 19.8 Å². The molecule has 1 atom stereocenters. The second-order valence-corrected chi connectivity index (χ2v) is 6.09. The monoisotopic (exact) mass is 270 g/mol. The molecular formula is C11H18N4O2S. The minimum Gasteiger partial charge on any atom is -0.334 e. The predicted octanol–water partition coefficient (Wildman–Crippen LogP) is 1.13. The molecule has 1 rings (SSSR count). The Morgan fingerprint density at radius 1 is 1.61 bits per heavy atom. The van der Waals surface area contributed by atoms with Gasteiger partial charge in [0.25, 0.3) is 10.0 Å². The molecule has 0 saturated heterocycles. The van der Waals surface area contributed by atoms with Gasteiger partial charge in [-0.3, -0.25) is 0 Å². The highest BCUT2D eigenvalue weighted by Gasteiger charge is 2.28. The Bertz CT molecular complexity index is 556. The van der Waals surface area contributed by atoms with Gasteiger partial charge in [0.2, 0.25) is 0 Å². The van der Waals surface area contributed by atoms with Crippen LogP contribution in [0.1, 0.15) is 26.1 Å². The molecule has 0 aliphatic rings. The Kier molecular flexibility index (Phi) is 4.48. The second-order valence-electron chi connectivity index (χ2n) is 4.15. The Hall–Kier alpha value is -1.39. The summed E-state index contributed by atoms with van der Waals surface area (Å²) in [5.74, 6) is 0.661. The van der Waals surface area contributed by atoms with Crippen LogP contribution in [0.25, 0.3) is 0 Å². The van der Waals surface area contributed by atoms with E-state index in [1.807, 2.05) is 13.0 Å². The lowest BCUT2D eigenvalue weighted by Crippen LogP contribution is -2.34. The molecule has 0 bridgehead atoms. The lowest BCUT2D eigenvalue weighted by atomic mass is 10.4. The van der Waals surface area contributed by atoms with Crippen molar-refractivity contribution in [2.45, 2.75) is 44.8 Å². The van der Waals surface area contributed by atoms with Crippen molar-refractivity contribution in [3.05, 3.63) is 12.0 Å². The third-order valence-corrected chi connectivity index (χ3v) is 4.59. The van der Waals surface area contributed by atoms with Crippen molar-refractivity contribution in [3.63, 3.8) is 0 Å². The van der Waals surface area contributed by atoms with Crippen LogP contribution in [0.3, 0.4) is 0 Å². The third kappa shape index (κ3) is 2.71. The molecule has 6 nitrogen and oxygen atoms in total. The van der Waals surface area contributed by atoms with Crippen LogP contribution >= 0.6 is 0 Å². The number of nitrogens with zero attached hydrogens (tertiary/aromatic N) is 4. The summed E-state index contributed by atoms with van der Waals surface area (Å²) in [7, 11) is -2.31. The number of rotatable bonds is 5. The quantitative estimate of drug-likeness (QED) is 0.803. The van der Waals surface area contributed by atoms with E-state index >= 15 is 0 Å². The third-order valence-electron chi connectivity index (χ3n) is 2.79. The van der Waals surface area contributed by atoms with Gasteiger partial charge in [-0.15, -0.1) is 0 Å². The highest BCUT2D eigenvalue weighted by atomic mass is 32.2. The fourth-order valence-corrected chi connectivity index (χ4v) is 2.77. The van der Waals surface area contributed by atoms with Gasteiger partial charge >= 0.3 is 0 Å². The minimum atomic E-state index is -3.69. The smallest absolute Gasteiger partial charge is 0.263 e. The fourth-order valence-electron chi connectivity index (χ4n) is 1.51. The predicted molar refractivity (Wildman–Crippen MR) is 67.3 cm³/mol. The largest absolute Gasteiger partial charge is 0.334 e. The van der Waals surface area contributed by atoms with E-state index in [0.717, 1.165) is 17.3 Å². The number of nitriles is 1. The van der Waals surface area contributed by atoms with Crippen molar-refractivity contribution >= 4 is 10.0 Å². The normalized spacial score (nSPS) is 13.6. The highest BCUT2D eigenvalue weighted by Crippen LogP contribution is 2.16. The zero-order valence-corrected chi connectivity index (χ0v) is 11.9. The Balaban J connectivity index is 3.14. The number of aromatic nitrogens is 2. The topological polar surface area (TPSA) is 79.0 Å². The van der Waals surface area contributed by atoms with Gasteiger partial charge in [0.1, 0.15) is 11.9 Å². The van der Waals surface area contributed by atoms with Crippen LogP contribution in [0.5, 0.6) is 0 Å².